The normalized spacial score (nSPS) is 15.3. The molecule has 0 bridgehead atoms. The first-order chi connectivity index (χ1) is 17.7. The lowest BCUT2D eigenvalue weighted by Gasteiger charge is -2.24. The number of aromatic nitrogens is 1. The maximum Gasteiger partial charge on any atom is 0.271 e. The highest BCUT2D eigenvalue weighted by Gasteiger charge is 2.33. The number of nitro benzene ring substituents is 1. The summed E-state index contributed by atoms with van der Waals surface area (Å²) < 4.78 is 1.70. The van der Waals surface area contributed by atoms with Crippen LogP contribution < -0.4 is 20.2 Å². The van der Waals surface area contributed by atoms with E-state index in [1.807, 2.05) is 48.7 Å². The van der Waals surface area contributed by atoms with Crippen molar-refractivity contribution in [1.82, 2.24) is 4.57 Å². The van der Waals surface area contributed by atoms with Gasteiger partial charge in [-0.1, -0.05) is 35.6 Å². The van der Waals surface area contributed by atoms with E-state index in [1.165, 1.54) is 40.2 Å². The molecule has 186 valence electrons. The van der Waals surface area contributed by atoms with Crippen LogP contribution in [-0.4, -0.2) is 20.5 Å². The monoisotopic (exact) mass is 532 g/mol. The maximum absolute atomic E-state index is 13.7. The van der Waals surface area contributed by atoms with Gasteiger partial charge in [-0.15, -0.1) is 11.3 Å². The molecular weight excluding hydrogens is 512 g/mol. The minimum Gasteiger partial charge on any atom is -0.507 e. The van der Waals surface area contributed by atoms with Crippen molar-refractivity contribution in [2.45, 2.75) is 19.9 Å². The third-order valence-electron chi connectivity index (χ3n) is 5.98. The fraction of sp³-hybridized carbons (Fsp3) is 0.115. The Labute approximate surface area is 218 Å². The first-order valence-corrected chi connectivity index (χ1v) is 12.8. The summed E-state index contributed by atoms with van der Waals surface area (Å²) >= 11 is 2.51. The Kier molecular flexibility index (Phi) is 6.32. The lowest BCUT2D eigenvalue weighted by Crippen LogP contribution is -2.40. The van der Waals surface area contributed by atoms with Gasteiger partial charge >= 0.3 is 0 Å². The van der Waals surface area contributed by atoms with Gasteiger partial charge in [-0.3, -0.25) is 24.3 Å². The van der Waals surface area contributed by atoms with Crippen LogP contribution in [0.3, 0.4) is 0 Å². The Morgan fingerprint density at radius 2 is 1.97 bits per heavy atom. The van der Waals surface area contributed by atoms with Crippen LogP contribution in [0, 0.1) is 17.0 Å². The van der Waals surface area contributed by atoms with E-state index < -0.39 is 16.5 Å². The number of hydrogen-bond donors (Lipinski definition) is 2. The summed E-state index contributed by atoms with van der Waals surface area (Å²) in [6.07, 6.45) is 1.41. The first kappa shape index (κ1) is 24.3. The highest BCUT2D eigenvalue weighted by Crippen LogP contribution is 2.33. The van der Waals surface area contributed by atoms with Crippen LogP contribution in [0.2, 0.25) is 0 Å². The van der Waals surface area contributed by atoms with Crippen molar-refractivity contribution in [1.29, 1.82) is 0 Å². The Morgan fingerprint density at radius 1 is 1.19 bits per heavy atom. The fourth-order valence-corrected chi connectivity index (χ4v) is 6.00. The fourth-order valence-electron chi connectivity index (χ4n) is 4.14. The minimum absolute atomic E-state index is 0.139. The Hall–Kier alpha value is -4.35. The summed E-state index contributed by atoms with van der Waals surface area (Å²) in [5.41, 5.74) is 1.91. The van der Waals surface area contributed by atoms with Crippen LogP contribution in [-0.2, 0) is 4.79 Å². The zero-order chi connectivity index (χ0) is 26.3. The van der Waals surface area contributed by atoms with Crippen molar-refractivity contribution in [3.8, 4) is 5.75 Å². The Balaban J connectivity index is 1.66. The van der Waals surface area contributed by atoms with Gasteiger partial charge in [-0.25, -0.2) is 4.99 Å². The molecule has 1 amide bonds. The van der Waals surface area contributed by atoms with Crippen LogP contribution in [0.25, 0.3) is 6.08 Å². The number of thiazole rings is 1. The van der Waals surface area contributed by atoms with Crippen molar-refractivity contribution in [3.05, 3.63) is 117 Å². The molecule has 3 heterocycles. The number of nitrogens with one attached hydrogen (secondary N) is 1. The number of aryl methyl sites for hydroxylation is 1. The molecule has 1 aliphatic rings. The number of aromatic hydroxyl groups is 1. The lowest BCUT2D eigenvalue weighted by molar-refractivity contribution is -0.384. The number of fused-ring (bicyclic) bond motifs is 1. The van der Waals surface area contributed by atoms with Crippen molar-refractivity contribution in [2.24, 2.45) is 4.99 Å². The Morgan fingerprint density at radius 3 is 2.68 bits per heavy atom. The van der Waals surface area contributed by atoms with Crippen LogP contribution in [0.15, 0.2) is 81.0 Å². The van der Waals surface area contributed by atoms with Gasteiger partial charge in [0.05, 0.1) is 20.7 Å². The van der Waals surface area contributed by atoms with Crippen LogP contribution >= 0.6 is 22.7 Å². The van der Waals surface area contributed by atoms with Gasteiger partial charge in [-0.05, 0) is 49.1 Å². The van der Waals surface area contributed by atoms with Gasteiger partial charge in [-0.2, -0.15) is 0 Å². The van der Waals surface area contributed by atoms with E-state index in [1.54, 1.807) is 6.92 Å². The number of para-hydroxylation sites is 1. The number of carbonyl (C=O) groups is 1. The maximum atomic E-state index is 13.7. The molecule has 1 atom stereocenters. The number of anilines is 1. The quantitative estimate of drug-likeness (QED) is 0.298. The Bertz CT molecular complexity index is 1770. The predicted octanol–water partition coefficient (Wildman–Crippen LogP) is 3.86. The van der Waals surface area contributed by atoms with Crippen molar-refractivity contribution in [3.63, 3.8) is 0 Å². The zero-order valence-corrected chi connectivity index (χ0v) is 21.3. The number of nitro groups is 1. The number of non-ortho nitro benzene ring substituents is 1. The number of phenolic OH excluding ortho intramolecular Hbond substituents is 1. The highest BCUT2D eigenvalue weighted by atomic mass is 32.1. The number of allylic oxidation sites excluding steroid dienone is 1. The lowest BCUT2D eigenvalue weighted by atomic mass is 10.0. The molecule has 1 aliphatic heterocycles. The molecule has 0 unspecified atom stereocenters. The molecular formula is C26H20N4O5S2. The van der Waals surface area contributed by atoms with Crippen molar-refractivity contribution in [2.75, 3.05) is 5.32 Å². The molecule has 5 rings (SSSR count). The SMILES string of the molecule is CC1=C(C(=O)Nc2ccccc2C)[C@H](c2cccs2)n2c(s/c(=C/c3cc([N+](=O)[O-])ccc3O)c2=O)=N1. The predicted molar refractivity (Wildman–Crippen MR) is 143 cm³/mol. The summed E-state index contributed by atoms with van der Waals surface area (Å²) in [5.74, 6) is -0.555. The molecule has 2 aromatic heterocycles. The number of rotatable bonds is 5. The van der Waals surface area contributed by atoms with E-state index in [4.69, 9.17) is 0 Å². The molecule has 0 radical (unpaired) electrons. The van der Waals surface area contributed by atoms with Gasteiger partial charge in [0, 0.05) is 28.3 Å². The third-order valence-corrected chi connectivity index (χ3v) is 7.89. The number of phenols is 1. The second-order valence-electron chi connectivity index (χ2n) is 8.37. The van der Waals surface area contributed by atoms with E-state index in [2.05, 4.69) is 10.3 Å². The second-order valence-corrected chi connectivity index (χ2v) is 10.4. The molecule has 11 heteroatoms. The minimum atomic E-state index is -0.707. The summed E-state index contributed by atoms with van der Waals surface area (Å²) in [7, 11) is 0. The average Bonchev–Trinajstić information content (AvgIpc) is 3.49. The largest absolute Gasteiger partial charge is 0.507 e. The molecule has 9 nitrogen and oxygen atoms in total. The molecule has 0 spiro atoms. The van der Waals surface area contributed by atoms with Crippen LogP contribution in [0.1, 0.15) is 29.0 Å². The second kappa shape index (κ2) is 9.60. The number of carbonyl (C=O) groups excluding carboxylic acids is 1. The number of benzene rings is 2. The van der Waals surface area contributed by atoms with Gasteiger partial charge in [0.2, 0.25) is 0 Å². The molecule has 0 aliphatic carbocycles. The van der Waals surface area contributed by atoms with Crippen LogP contribution in [0.5, 0.6) is 5.75 Å². The van der Waals surface area contributed by atoms with Crippen molar-refractivity contribution < 1.29 is 14.8 Å². The smallest absolute Gasteiger partial charge is 0.271 e. The first-order valence-electron chi connectivity index (χ1n) is 11.1. The van der Waals surface area contributed by atoms with E-state index >= 15 is 0 Å². The standard InChI is InChI=1S/C26H20N4O5S2/c1-14-6-3-4-7-18(14)28-24(32)22-15(2)27-26-29(23(22)20-8-5-11-36-20)25(33)21(37-26)13-16-12-17(30(34)35)9-10-19(16)31/h3-13,23,31H,1-2H3,(H,28,32)/b21-13+/t23-/m0/s1. The molecule has 37 heavy (non-hydrogen) atoms. The summed E-state index contributed by atoms with van der Waals surface area (Å²) in [6, 6.07) is 14.0. The molecule has 0 saturated carbocycles. The van der Waals surface area contributed by atoms with E-state index in [0.717, 1.165) is 21.8 Å². The van der Waals surface area contributed by atoms with Gasteiger partial charge in [0.25, 0.3) is 17.2 Å². The number of amides is 1. The molecule has 0 saturated heterocycles. The van der Waals surface area contributed by atoms with Crippen LogP contribution in [0.4, 0.5) is 11.4 Å². The summed E-state index contributed by atoms with van der Waals surface area (Å²) in [6.45, 7) is 3.63. The van der Waals surface area contributed by atoms with Gasteiger partial charge in [0.1, 0.15) is 11.8 Å². The summed E-state index contributed by atoms with van der Waals surface area (Å²) in [4.78, 5) is 43.6. The molecule has 4 aromatic rings. The number of nitrogens with zero attached hydrogens (tertiary/aromatic N) is 3. The number of hydrogen-bond acceptors (Lipinski definition) is 8. The number of thiophene rings is 1. The topological polar surface area (TPSA) is 127 Å². The summed E-state index contributed by atoms with van der Waals surface area (Å²) in [5, 5.41) is 26.3. The van der Waals surface area contributed by atoms with E-state index in [0.29, 0.717) is 21.8 Å². The van der Waals surface area contributed by atoms with E-state index in [-0.39, 0.29) is 27.4 Å². The van der Waals surface area contributed by atoms with Crippen molar-refractivity contribution >= 4 is 46.0 Å². The molecule has 0 fully saturated rings. The highest BCUT2D eigenvalue weighted by molar-refractivity contribution is 7.10. The average molecular weight is 533 g/mol. The van der Waals surface area contributed by atoms with E-state index in [9.17, 15) is 24.8 Å². The van der Waals surface area contributed by atoms with Gasteiger partial charge in [0.15, 0.2) is 4.80 Å². The molecule has 2 N–H and O–H groups in total. The molecule has 2 aromatic carbocycles. The third kappa shape index (κ3) is 4.50. The van der Waals surface area contributed by atoms with Gasteiger partial charge < -0.3 is 10.4 Å². The zero-order valence-electron chi connectivity index (χ0n) is 19.7.